The fourth-order valence-corrected chi connectivity index (χ4v) is 1.78. The molecule has 0 aromatic rings. The molecule has 0 aromatic heterocycles. The van der Waals surface area contributed by atoms with Crippen molar-refractivity contribution >= 4 is 43.5 Å². The van der Waals surface area contributed by atoms with Crippen LogP contribution in [-0.2, 0) is 0 Å². The number of halogens is 3. The summed E-state index contributed by atoms with van der Waals surface area (Å²) in [5.74, 6) is 0.533. The molecule has 0 aliphatic heterocycles. The zero-order valence-corrected chi connectivity index (χ0v) is 10.9. The van der Waals surface area contributed by atoms with E-state index in [4.69, 9.17) is 17.3 Å². The lowest BCUT2D eigenvalue weighted by Crippen LogP contribution is -2.33. The predicted molar refractivity (Wildman–Crippen MR) is 65.4 cm³/mol. The molecule has 0 saturated heterocycles. The van der Waals surface area contributed by atoms with Crippen LogP contribution in [-0.4, -0.2) is 10.3 Å². The average molecular weight is 327 g/mol. The van der Waals surface area contributed by atoms with Gasteiger partial charge in [-0.05, 0) is 18.1 Å². The molecule has 0 aromatic carbocycles. The van der Waals surface area contributed by atoms with E-state index in [-0.39, 0.29) is 0 Å². The van der Waals surface area contributed by atoms with Gasteiger partial charge in [-0.3, -0.25) is 0 Å². The van der Waals surface area contributed by atoms with Crippen LogP contribution in [0.3, 0.4) is 0 Å². The third kappa shape index (κ3) is 3.24. The van der Waals surface area contributed by atoms with Gasteiger partial charge < -0.3 is 5.73 Å². The van der Waals surface area contributed by atoms with E-state index in [1.165, 1.54) is 0 Å². The average Bonchev–Trinajstić information content (AvgIpc) is 2.07. The van der Waals surface area contributed by atoms with Gasteiger partial charge >= 0.3 is 0 Å². The number of rotatable bonds is 2. The first-order chi connectivity index (χ1) is 6.06. The van der Waals surface area contributed by atoms with Crippen molar-refractivity contribution in [3.63, 3.8) is 0 Å². The summed E-state index contributed by atoms with van der Waals surface area (Å²) >= 11 is 12.4. The van der Waals surface area contributed by atoms with Crippen molar-refractivity contribution in [1.29, 1.82) is 0 Å². The molecule has 72 valence electrons. The van der Waals surface area contributed by atoms with Gasteiger partial charge in [0.1, 0.15) is 4.45 Å². The van der Waals surface area contributed by atoms with Crippen LogP contribution in [0.4, 0.5) is 0 Å². The molecule has 1 nitrogen and oxygen atoms in total. The summed E-state index contributed by atoms with van der Waals surface area (Å²) in [7, 11) is 0. The minimum atomic E-state index is -0.439. The molecule has 0 bridgehead atoms. The standard InChI is InChI=1S/C9H10Br2ClN/c10-8-6-7(2-1-5-12)3-4-9(8,11)13/h1-3,6H,4-5,13H2. The lowest BCUT2D eigenvalue weighted by Gasteiger charge is -2.24. The Hall–Kier alpha value is 0.430. The highest BCUT2D eigenvalue weighted by molar-refractivity contribution is 9.14. The summed E-state index contributed by atoms with van der Waals surface area (Å²) in [5.41, 5.74) is 7.05. The summed E-state index contributed by atoms with van der Waals surface area (Å²) in [4.78, 5) is 0. The molecule has 0 fully saturated rings. The Bertz CT molecular complexity index is 279. The minimum Gasteiger partial charge on any atom is -0.312 e. The number of alkyl halides is 2. The molecule has 1 unspecified atom stereocenters. The van der Waals surface area contributed by atoms with Crippen molar-refractivity contribution in [2.75, 3.05) is 5.88 Å². The molecule has 0 saturated carbocycles. The fourth-order valence-electron chi connectivity index (χ4n) is 0.986. The van der Waals surface area contributed by atoms with Gasteiger partial charge in [-0.2, -0.15) is 0 Å². The van der Waals surface area contributed by atoms with Gasteiger partial charge in [0, 0.05) is 10.4 Å². The Morgan fingerprint density at radius 2 is 2.38 bits per heavy atom. The molecular weight excluding hydrogens is 317 g/mol. The molecule has 1 rings (SSSR count). The number of hydrogen-bond donors (Lipinski definition) is 1. The maximum Gasteiger partial charge on any atom is 0.107 e. The van der Waals surface area contributed by atoms with Gasteiger partial charge in [0.15, 0.2) is 0 Å². The molecule has 13 heavy (non-hydrogen) atoms. The van der Waals surface area contributed by atoms with Gasteiger partial charge in [0.25, 0.3) is 0 Å². The fraction of sp³-hybridized carbons (Fsp3) is 0.333. The van der Waals surface area contributed by atoms with Gasteiger partial charge in [-0.15, -0.1) is 11.6 Å². The van der Waals surface area contributed by atoms with Crippen molar-refractivity contribution in [3.8, 4) is 0 Å². The lowest BCUT2D eigenvalue weighted by molar-refractivity contribution is 0.762. The van der Waals surface area contributed by atoms with Crippen LogP contribution in [0, 0.1) is 0 Å². The van der Waals surface area contributed by atoms with Crippen LogP contribution < -0.4 is 5.73 Å². The van der Waals surface area contributed by atoms with Crippen molar-refractivity contribution < 1.29 is 0 Å². The van der Waals surface area contributed by atoms with Crippen LogP contribution in [0.1, 0.15) is 6.42 Å². The Morgan fingerprint density at radius 1 is 1.69 bits per heavy atom. The second-order valence-electron chi connectivity index (χ2n) is 2.82. The Balaban J connectivity index is 2.76. The number of allylic oxidation sites excluding steroid dienone is 4. The second kappa shape index (κ2) is 4.78. The summed E-state index contributed by atoms with van der Waals surface area (Å²) in [5, 5.41) is 0. The molecule has 0 heterocycles. The molecule has 0 amide bonds. The molecule has 1 atom stereocenters. The normalized spacial score (nSPS) is 28.9. The van der Waals surface area contributed by atoms with E-state index >= 15 is 0 Å². The van der Waals surface area contributed by atoms with E-state index in [1.54, 1.807) is 0 Å². The third-order valence-electron chi connectivity index (χ3n) is 1.72. The zero-order valence-electron chi connectivity index (χ0n) is 6.93. The van der Waals surface area contributed by atoms with Crippen LogP contribution in [0.5, 0.6) is 0 Å². The lowest BCUT2D eigenvalue weighted by atomic mass is 10.0. The van der Waals surface area contributed by atoms with Crippen molar-refractivity contribution in [2.45, 2.75) is 10.9 Å². The van der Waals surface area contributed by atoms with Gasteiger partial charge in [0.2, 0.25) is 0 Å². The summed E-state index contributed by atoms with van der Waals surface area (Å²) in [6.45, 7) is 0. The molecule has 1 aliphatic rings. The van der Waals surface area contributed by atoms with E-state index in [9.17, 15) is 0 Å². The predicted octanol–water partition coefficient (Wildman–Crippen LogP) is 3.44. The Labute approximate surface area is 100.0 Å². The van der Waals surface area contributed by atoms with Crippen LogP contribution >= 0.6 is 43.5 Å². The molecule has 1 aliphatic carbocycles. The molecular formula is C9H10Br2ClN. The van der Waals surface area contributed by atoms with Crippen LogP contribution in [0.2, 0.25) is 0 Å². The van der Waals surface area contributed by atoms with Crippen molar-refractivity contribution in [2.24, 2.45) is 5.73 Å². The molecule has 0 spiro atoms. The minimum absolute atomic E-state index is 0.439. The summed E-state index contributed by atoms with van der Waals surface area (Å²) in [6, 6.07) is 0. The number of nitrogens with two attached hydrogens (primary N) is 1. The first-order valence-corrected chi connectivity index (χ1v) is 5.96. The van der Waals surface area contributed by atoms with Crippen LogP contribution in [0.15, 0.2) is 34.4 Å². The van der Waals surface area contributed by atoms with Gasteiger partial charge in [0.05, 0.1) is 0 Å². The zero-order chi connectivity index (χ0) is 9.90. The molecule has 4 heteroatoms. The van der Waals surface area contributed by atoms with Crippen molar-refractivity contribution in [3.05, 3.63) is 34.4 Å². The maximum absolute atomic E-state index is 5.92. The highest BCUT2D eigenvalue weighted by atomic mass is 79.9. The van der Waals surface area contributed by atoms with Gasteiger partial charge in [-0.1, -0.05) is 50.1 Å². The summed E-state index contributed by atoms with van der Waals surface area (Å²) < 4.78 is 0.516. The number of hydrogen-bond acceptors (Lipinski definition) is 1. The van der Waals surface area contributed by atoms with E-state index in [2.05, 4.69) is 37.9 Å². The van der Waals surface area contributed by atoms with E-state index in [1.807, 2.05) is 18.2 Å². The second-order valence-corrected chi connectivity index (χ2v) is 5.40. The highest BCUT2D eigenvalue weighted by Crippen LogP contribution is 2.35. The van der Waals surface area contributed by atoms with Gasteiger partial charge in [-0.25, -0.2) is 0 Å². The van der Waals surface area contributed by atoms with E-state index < -0.39 is 4.45 Å². The maximum atomic E-state index is 5.92. The molecule has 0 radical (unpaired) electrons. The SMILES string of the molecule is NC1(Br)CC=C(C=CCCl)C=C1Br. The smallest absolute Gasteiger partial charge is 0.107 e. The third-order valence-corrected chi connectivity index (χ3v) is 4.12. The van der Waals surface area contributed by atoms with Crippen LogP contribution in [0.25, 0.3) is 0 Å². The Morgan fingerprint density at radius 3 is 2.92 bits per heavy atom. The Kier molecular flexibility index (Phi) is 4.23. The topological polar surface area (TPSA) is 26.0 Å². The summed E-state index contributed by atoms with van der Waals surface area (Å²) in [6.07, 6.45) is 8.72. The van der Waals surface area contributed by atoms with Crippen molar-refractivity contribution in [1.82, 2.24) is 0 Å². The van der Waals surface area contributed by atoms with E-state index in [0.717, 1.165) is 16.5 Å². The quantitative estimate of drug-likeness (QED) is 0.610. The van der Waals surface area contributed by atoms with E-state index in [0.29, 0.717) is 5.88 Å². The first kappa shape index (κ1) is 11.5. The first-order valence-electron chi connectivity index (χ1n) is 3.84. The monoisotopic (exact) mass is 325 g/mol. The largest absolute Gasteiger partial charge is 0.312 e. The highest BCUT2D eigenvalue weighted by Gasteiger charge is 2.25. The molecule has 2 N–H and O–H groups in total.